The number of anilines is 1. The van der Waals surface area contributed by atoms with Crippen LogP contribution in [-0.4, -0.2) is 10.9 Å². The van der Waals surface area contributed by atoms with Crippen LogP contribution in [0.3, 0.4) is 0 Å². The summed E-state index contributed by atoms with van der Waals surface area (Å²) < 4.78 is 13.3. The predicted octanol–water partition coefficient (Wildman–Crippen LogP) is 3.60. The highest BCUT2D eigenvalue weighted by molar-refractivity contribution is 6.04. The molecule has 0 saturated heterocycles. The molecule has 1 heterocycles. The minimum absolute atomic E-state index is 0.0598. The summed E-state index contributed by atoms with van der Waals surface area (Å²) in [7, 11) is 0. The van der Waals surface area contributed by atoms with Crippen LogP contribution in [0.4, 0.5) is 10.1 Å². The molecule has 1 N–H and O–H groups in total. The quantitative estimate of drug-likeness (QED) is 0.855. The Morgan fingerprint density at radius 2 is 1.89 bits per heavy atom. The molecule has 0 aliphatic rings. The largest absolute Gasteiger partial charge is 0.322 e. The van der Waals surface area contributed by atoms with Crippen molar-refractivity contribution in [3.63, 3.8) is 0 Å². The summed E-state index contributed by atoms with van der Waals surface area (Å²) in [4.78, 5) is 15.3. The molecule has 0 radical (unpaired) electrons. The van der Waals surface area contributed by atoms with Crippen LogP contribution in [0.5, 0.6) is 0 Å². The van der Waals surface area contributed by atoms with Crippen molar-refractivity contribution in [3.8, 4) is 0 Å². The second-order valence-corrected chi connectivity index (χ2v) is 4.57. The van der Waals surface area contributed by atoms with Gasteiger partial charge in [-0.2, -0.15) is 4.39 Å². The van der Waals surface area contributed by atoms with Gasteiger partial charge in [-0.25, -0.2) is 4.98 Å². The Balaban J connectivity index is 2.13. The second kappa shape index (κ2) is 5.61. The fraction of sp³-hybridized carbons (Fsp3) is 0.200. The number of carbonyl (C=O) groups excluding carboxylic acids is 1. The molecule has 0 aliphatic carbocycles. The third-order valence-electron chi connectivity index (χ3n) is 2.84. The van der Waals surface area contributed by atoms with Gasteiger partial charge >= 0.3 is 0 Å². The van der Waals surface area contributed by atoms with Crippen molar-refractivity contribution in [3.05, 3.63) is 59.7 Å². The van der Waals surface area contributed by atoms with Gasteiger partial charge in [-0.3, -0.25) is 4.79 Å². The van der Waals surface area contributed by atoms with E-state index in [1.807, 2.05) is 24.3 Å². The van der Waals surface area contributed by atoms with Gasteiger partial charge in [-0.1, -0.05) is 26.0 Å². The van der Waals surface area contributed by atoms with E-state index in [1.54, 1.807) is 0 Å². The average Bonchev–Trinajstić information content (AvgIpc) is 2.39. The lowest BCUT2D eigenvalue weighted by atomic mass is 10.0. The fourth-order valence-electron chi connectivity index (χ4n) is 1.71. The first-order valence-electron chi connectivity index (χ1n) is 6.09. The van der Waals surface area contributed by atoms with Crippen molar-refractivity contribution < 1.29 is 9.18 Å². The normalized spacial score (nSPS) is 10.5. The van der Waals surface area contributed by atoms with E-state index in [0.29, 0.717) is 11.6 Å². The van der Waals surface area contributed by atoms with Crippen LogP contribution in [0.15, 0.2) is 42.6 Å². The number of nitrogens with one attached hydrogen (secondary N) is 1. The Morgan fingerprint density at radius 1 is 1.21 bits per heavy atom. The monoisotopic (exact) mass is 258 g/mol. The minimum atomic E-state index is -0.765. The minimum Gasteiger partial charge on any atom is -0.322 e. The second-order valence-electron chi connectivity index (χ2n) is 4.57. The first-order valence-corrected chi connectivity index (χ1v) is 6.09. The zero-order valence-electron chi connectivity index (χ0n) is 10.9. The topological polar surface area (TPSA) is 42.0 Å². The molecular formula is C15H15FN2O. The molecule has 2 aromatic rings. The van der Waals surface area contributed by atoms with Crippen LogP contribution < -0.4 is 5.32 Å². The maximum Gasteiger partial charge on any atom is 0.260 e. The highest BCUT2D eigenvalue weighted by Crippen LogP contribution is 2.17. The van der Waals surface area contributed by atoms with Crippen molar-refractivity contribution in [1.82, 2.24) is 4.98 Å². The van der Waals surface area contributed by atoms with E-state index in [-0.39, 0.29) is 5.56 Å². The Hall–Kier alpha value is -2.23. The average molecular weight is 258 g/mol. The number of benzene rings is 1. The molecule has 1 aromatic heterocycles. The van der Waals surface area contributed by atoms with Gasteiger partial charge in [0, 0.05) is 11.9 Å². The molecule has 0 fully saturated rings. The van der Waals surface area contributed by atoms with Crippen molar-refractivity contribution in [2.24, 2.45) is 0 Å². The number of hydrogen-bond acceptors (Lipinski definition) is 2. The maximum absolute atomic E-state index is 13.3. The number of carbonyl (C=O) groups is 1. The molecule has 0 spiro atoms. The van der Waals surface area contributed by atoms with E-state index in [2.05, 4.69) is 24.1 Å². The van der Waals surface area contributed by atoms with Crippen molar-refractivity contribution in [1.29, 1.82) is 0 Å². The molecule has 1 aromatic carbocycles. The van der Waals surface area contributed by atoms with Gasteiger partial charge in [-0.05, 0) is 35.7 Å². The predicted molar refractivity (Wildman–Crippen MR) is 72.7 cm³/mol. The molecule has 0 bridgehead atoms. The molecule has 2 rings (SSSR count). The highest BCUT2D eigenvalue weighted by atomic mass is 19.1. The third-order valence-corrected chi connectivity index (χ3v) is 2.84. The lowest BCUT2D eigenvalue weighted by Crippen LogP contribution is -2.14. The lowest BCUT2D eigenvalue weighted by Gasteiger charge is -2.08. The summed E-state index contributed by atoms with van der Waals surface area (Å²) in [5, 5.41) is 2.65. The SMILES string of the molecule is CC(C)c1ccc(NC(=O)c2cccnc2F)cc1. The first-order chi connectivity index (χ1) is 9.08. The van der Waals surface area contributed by atoms with Gasteiger partial charge in [-0.15, -0.1) is 0 Å². The van der Waals surface area contributed by atoms with Crippen LogP contribution in [0, 0.1) is 5.95 Å². The Morgan fingerprint density at radius 3 is 2.47 bits per heavy atom. The van der Waals surface area contributed by atoms with E-state index in [0.717, 1.165) is 0 Å². The molecule has 98 valence electrons. The standard InChI is InChI=1S/C15H15FN2O/c1-10(2)11-5-7-12(8-6-11)18-15(19)13-4-3-9-17-14(13)16/h3-10H,1-2H3,(H,18,19). The van der Waals surface area contributed by atoms with Crippen molar-refractivity contribution >= 4 is 11.6 Å². The van der Waals surface area contributed by atoms with Crippen LogP contribution in [0.1, 0.15) is 35.7 Å². The van der Waals surface area contributed by atoms with Gasteiger partial charge in [0.25, 0.3) is 5.91 Å². The number of nitrogens with zero attached hydrogens (tertiary/aromatic N) is 1. The highest BCUT2D eigenvalue weighted by Gasteiger charge is 2.12. The van der Waals surface area contributed by atoms with E-state index in [9.17, 15) is 9.18 Å². The van der Waals surface area contributed by atoms with E-state index in [1.165, 1.54) is 23.9 Å². The van der Waals surface area contributed by atoms with Crippen LogP contribution in [-0.2, 0) is 0 Å². The zero-order chi connectivity index (χ0) is 13.8. The number of rotatable bonds is 3. The summed E-state index contributed by atoms with van der Waals surface area (Å²) >= 11 is 0. The van der Waals surface area contributed by atoms with Crippen molar-refractivity contribution in [2.75, 3.05) is 5.32 Å². The van der Waals surface area contributed by atoms with E-state index >= 15 is 0 Å². The maximum atomic E-state index is 13.3. The summed E-state index contributed by atoms with van der Waals surface area (Å²) in [5.41, 5.74) is 1.76. The van der Waals surface area contributed by atoms with E-state index in [4.69, 9.17) is 0 Å². The first kappa shape index (κ1) is 13.2. The lowest BCUT2D eigenvalue weighted by molar-refractivity contribution is 0.102. The van der Waals surface area contributed by atoms with Gasteiger partial charge in [0.05, 0.1) is 5.56 Å². The summed E-state index contributed by atoms with van der Waals surface area (Å²) in [6, 6.07) is 10.4. The van der Waals surface area contributed by atoms with Crippen molar-refractivity contribution in [2.45, 2.75) is 19.8 Å². The summed E-state index contributed by atoms with van der Waals surface area (Å²) in [6.45, 7) is 4.19. The smallest absolute Gasteiger partial charge is 0.260 e. The van der Waals surface area contributed by atoms with Gasteiger partial charge in [0.2, 0.25) is 5.95 Å². The number of aromatic nitrogens is 1. The summed E-state index contributed by atoms with van der Waals surface area (Å²) in [5.74, 6) is -0.831. The molecule has 0 atom stereocenters. The Kier molecular flexibility index (Phi) is 3.90. The molecule has 4 heteroatoms. The van der Waals surface area contributed by atoms with E-state index < -0.39 is 11.9 Å². The fourth-order valence-corrected chi connectivity index (χ4v) is 1.71. The molecule has 3 nitrogen and oxygen atoms in total. The molecule has 1 amide bonds. The Labute approximate surface area is 111 Å². The molecule has 19 heavy (non-hydrogen) atoms. The number of hydrogen-bond donors (Lipinski definition) is 1. The summed E-state index contributed by atoms with van der Waals surface area (Å²) in [6.07, 6.45) is 1.31. The van der Waals surface area contributed by atoms with Gasteiger partial charge < -0.3 is 5.32 Å². The van der Waals surface area contributed by atoms with Crippen LogP contribution in [0.25, 0.3) is 0 Å². The molecule has 0 aliphatic heterocycles. The van der Waals surface area contributed by atoms with Crippen LogP contribution in [0.2, 0.25) is 0 Å². The van der Waals surface area contributed by atoms with Gasteiger partial charge in [0.1, 0.15) is 0 Å². The number of pyridine rings is 1. The molecule has 0 unspecified atom stereocenters. The number of amides is 1. The third kappa shape index (κ3) is 3.16. The molecule has 0 saturated carbocycles. The Bertz CT molecular complexity index is 579. The zero-order valence-corrected chi connectivity index (χ0v) is 10.9. The van der Waals surface area contributed by atoms with Crippen LogP contribution >= 0.6 is 0 Å². The number of halogens is 1. The molecular weight excluding hydrogens is 243 g/mol. The van der Waals surface area contributed by atoms with Gasteiger partial charge in [0.15, 0.2) is 0 Å².